The molecular weight excluding hydrogens is 486 g/mol. The number of rotatable bonds is 9. The van der Waals surface area contributed by atoms with Crippen molar-refractivity contribution >= 4 is 49.1 Å². The number of benzene rings is 2. The number of nitrogens with zero attached hydrogens (tertiary/aromatic N) is 2. The highest BCUT2D eigenvalue weighted by atomic mass is 32.2. The zero-order valence-electron chi connectivity index (χ0n) is 18.4. The van der Waals surface area contributed by atoms with Crippen LogP contribution in [0.3, 0.4) is 0 Å². The van der Waals surface area contributed by atoms with Gasteiger partial charge in [-0.25, -0.2) is 16.8 Å². The van der Waals surface area contributed by atoms with E-state index in [0.717, 1.165) is 21.2 Å². The summed E-state index contributed by atoms with van der Waals surface area (Å²) >= 11 is 1.56. The summed E-state index contributed by atoms with van der Waals surface area (Å²) in [6, 6.07) is 12.8. The first-order valence-electron chi connectivity index (χ1n) is 10.3. The summed E-state index contributed by atoms with van der Waals surface area (Å²) in [5.74, 6) is 0.316. The lowest BCUT2D eigenvalue weighted by Gasteiger charge is -2.26. The van der Waals surface area contributed by atoms with Crippen molar-refractivity contribution < 1.29 is 26.4 Å². The lowest BCUT2D eigenvalue weighted by Crippen LogP contribution is -2.40. The fourth-order valence-corrected chi connectivity index (χ4v) is 6.32. The van der Waals surface area contributed by atoms with E-state index in [1.807, 2.05) is 19.1 Å². The molecule has 0 atom stereocenters. The molecule has 180 valence electrons. The van der Waals surface area contributed by atoms with Gasteiger partial charge in [0.1, 0.15) is 6.54 Å². The zero-order chi connectivity index (χ0) is 24.1. The number of amides is 1. The Labute approximate surface area is 199 Å². The van der Waals surface area contributed by atoms with Crippen LogP contribution in [0.25, 0.3) is 0 Å². The molecular formula is C21H27N3O6S3. The summed E-state index contributed by atoms with van der Waals surface area (Å²) < 4.78 is 57.9. The zero-order valence-corrected chi connectivity index (χ0v) is 20.9. The predicted octanol–water partition coefficient (Wildman–Crippen LogP) is 2.22. The molecule has 33 heavy (non-hydrogen) atoms. The van der Waals surface area contributed by atoms with Crippen LogP contribution in [0.1, 0.15) is 6.92 Å². The minimum Gasteiger partial charge on any atom is -0.379 e. The number of sulfonamides is 2. The summed E-state index contributed by atoms with van der Waals surface area (Å²) in [4.78, 5) is 13.6. The van der Waals surface area contributed by atoms with Gasteiger partial charge in [-0.15, -0.1) is 11.8 Å². The molecule has 12 heteroatoms. The standard InChI is InChI=1S/C21H27N3O6S3/c1-3-31-20-7-5-4-6-19(20)22-21(25)16-24(32(2,26)27)17-8-10-18(11-9-17)33(28,29)23-12-14-30-15-13-23/h4-11H,3,12-16H2,1-2H3,(H,22,25). The van der Waals surface area contributed by atoms with Crippen molar-refractivity contribution in [3.63, 3.8) is 0 Å². The van der Waals surface area contributed by atoms with E-state index < -0.39 is 32.5 Å². The Balaban J connectivity index is 1.79. The van der Waals surface area contributed by atoms with E-state index in [1.54, 1.807) is 23.9 Å². The first-order chi connectivity index (χ1) is 15.6. The summed E-state index contributed by atoms with van der Waals surface area (Å²) in [7, 11) is -7.51. The second-order valence-corrected chi connectivity index (χ2v) is 12.4. The van der Waals surface area contributed by atoms with Gasteiger partial charge in [0.15, 0.2) is 0 Å². The Kier molecular flexibility index (Phi) is 8.40. The Morgan fingerprint density at radius 2 is 1.70 bits per heavy atom. The van der Waals surface area contributed by atoms with Crippen molar-refractivity contribution in [1.29, 1.82) is 0 Å². The maximum atomic E-state index is 12.8. The van der Waals surface area contributed by atoms with Crippen molar-refractivity contribution in [2.45, 2.75) is 16.7 Å². The van der Waals surface area contributed by atoms with Gasteiger partial charge in [0.05, 0.1) is 35.7 Å². The van der Waals surface area contributed by atoms with Gasteiger partial charge in [0.25, 0.3) is 0 Å². The summed E-state index contributed by atoms with van der Waals surface area (Å²) in [5, 5.41) is 2.77. The van der Waals surface area contributed by atoms with Gasteiger partial charge < -0.3 is 10.1 Å². The van der Waals surface area contributed by atoms with Crippen LogP contribution in [0.15, 0.2) is 58.3 Å². The van der Waals surface area contributed by atoms with E-state index in [-0.39, 0.29) is 23.7 Å². The third-order valence-electron chi connectivity index (χ3n) is 4.88. The monoisotopic (exact) mass is 513 g/mol. The van der Waals surface area contributed by atoms with Crippen LogP contribution in [0.4, 0.5) is 11.4 Å². The van der Waals surface area contributed by atoms with Crippen molar-refractivity contribution in [2.75, 3.05) is 54.5 Å². The van der Waals surface area contributed by atoms with Crippen LogP contribution in [-0.2, 0) is 29.6 Å². The van der Waals surface area contributed by atoms with Gasteiger partial charge in [0.2, 0.25) is 26.0 Å². The quantitative estimate of drug-likeness (QED) is 0.512. The van der Waals surface area contributed by atoms with Gasteiger partial charge in [0, 0.05) is 18.0 Å². The Hall–Kier alpha value is -2.12. The third kappa shape index (κ3) is 6.48. The van der Waals surface area contributed by atoms with E-state index in [9.17, 15) is 21.6 Å². The molecule has 1 N–H and O–H groups in total. The number of morpholine rings is 1. The highest BCUT2D eigenvalue weighted by Gasteiger charge is 2.27. The topological polar surface area (TPSA) is 113 Å². The normalized spacial score (nSPS) is 15.2. The lowest BCUT2D eigenvalue weighted by molar-refractivity contribution is -0.114. The molecule has 9 nitrogen and oxygen atoms in total. The van der Waals surface area contributed by atoms with Crippen LogP contribution in [-0.4, -0.2) is 71.9 Å². The van der Waals surface area contributed by atoms with E-state index in [0.29, 0.717) is 18.9 Å². The number of nitrogens with one attached hydrogen (secondary N) is 1. The van der Waals surface area contributed by atoms with Crippen LogP contribution in [0.2, 0.25) is 0 Å². The molecule has 2 aromatic rings. The number of para-hydroxylation sites is 1. The summed E-state index contributed by atoms with van der Waals surface area (Å²) in [6.45, 7) is 2.73. The molecule has 1 aliphatic rings. The molecule has 0 bridgehead atoms. The SMILES string of the molecule is CCSc1ccccc1NC(=O)CN(c1ccc(S(=O)(=O)N2CCOCC2)cc1)S(C)(=O)=O. The van der Waals surface area contributed by atoms with Crippen molar-refractivity contribution in [3.8, 4) is 0 Å². The summed E-state index contributed by atoms with van der Waals surface area (Å²) in [6.07, 6.45) is 1.000. The number of anilines is 2. The summed E-state index contributed by atoms with van der Waals surface area (Å²) in [5.41, 5.74) is 0.805. The van der Waals surface area contributed by atoms with E-state index >= 15 is 0 Å². The number of hydrogen-bond acceptors (Lipinski definition) is 7. The number of hydrogen-bond donors (Lipinski definition) is 1. The minimum atomic E-state index is -3.80. The second-order valence-electron chi connectivity index (χ2n) is 7.26. The third-order valence-corrected chi connectivity index (χ3v) is 8.89. The molecule has 1 saturated heterocycles. The lowest BCUT2D eigenvalue weighted by atomic mass is 10.3. The molecule has 3 rings (SSSR count). The van der Waals surface area contributed by atoms with Gasteiger partial charge >= 0.3 is 0 Å². The highest BCUT2D eigenvalue weighted by molar-refractivity contribution is 7.99. The van der Waals surface area contributed by atoms with Crippen LogP contribution in [0.5, 0.6) is 0 Å². The van der Waals surface area contributed by atoms with Gasteiger partial charge in [-0.1, -0.05) is 19.1 Å². The molecule has 0 radical (unpaired) electrons. The smallest absolute Gasteiger partial charge is 0.245 e. The van der Waals surface area contributed by atoms with Gasteiger partial charge in [-0.3, -0.25) is 9.10 Å². The molecule has 0 spiro atoms. The maximum Gasteiger partial charge on any atom is 0.245 e. The van der Waals surface area contributed by atoms with Crippen LogP contribution in [0, 0.1) is 0 Å². The molecule has 1 heterocycles. The molecule has 0 saturated carbocycles. The molecule has 0 aliphatic carbocycles. The van der Waals surface area contributed by atoms with Crippen molar-refractivity contribution in [3.05, 3.63) is 48.5 Å². The van der Waals surface area contributed by atoms with Gasteiger partial charge in [-0.2, -0.15) is 4.31 Å². The van der Waals surface area contributed by atoms with E-state index in [1.165, 1.54) is 28.6 Å². The van der Waals surface area contributed by atoms with Crippen molar-refractivity contribution in [2.24, 2.45) is 0 Å². The average molecular weight is 514 g/mol. The fourth-order valence-electron chi connectivity index (χ4n) is 3.29. The fraction of sp³-hybridized carbons (Fsp3) is 0.381. The number of carbonyl (C=O) groups excluding carboxylic acids is 1. The molecule has 1 aliphatic heterocycles. The van der Waals surface area contributed by atoms with Crippen LogP contribution >= 0.6 is 11.8 Å². The molecule has 0 aromatic heterocycles. The number of ether oxygens (including phenoxy) is 1. The Bertz CT molecular complexity index is 1180. The Morgan fingerprint density at radius 3 is 2.30 bits per heavy atom. The van der Waals surface area contributed by atoms with Gasteiger partial charge in [-0.05, 0) is 42.2 Å². The molecule has 0 unspecified atom stereocenters. The van der Waals surface area contributed by atoms with E-state index in [4.69, 9.17) is 4.74 Å². The van der Waals surface area contributed by atoms with Crippen molar-refractivity contribution in [1.82, 2.24) is 4.31 Å². The number of carbonyl (C=O) groups is 1. The largest absolute Gasteiger partial charge is 0.379 e. The molecule has 1 amide bonds. The van der Waals surface area contributed by atoms with E-state index in [2.05, 4.69) is 5.32 Å². The minimum absolute atomic E-state index is 0.0524. The Morgan fingerprint density at radius 1 is 1.06 bits per heavy atom. The first kappa shape index (κ1) is 25.5. The number of thioether (sulfide) groups is 1. The van der Waals surface area contributed by atoms with Crippen LogP contribution < -0.4 is 9.62 Å². The maximum absolute atomic E-state index is 12.8. The average Bonchev–Trinajstić information content (AvgIpc) is 2.79. The molecule has 1 fully saturated rings. The highest BCUT2D eigenvalue weighted by Crippen LogP contribution is 2.27. The second kappa shape index (κ2) is 10.9. The predicted molar refractivity (Wildman–Crippen MR) is 130 cm³/mol. The first-order valence-corrected chi connectivity index (χ1v) is 14.6. The molecule has 2 aromatic carbocycles.